The number of hydrogen-bond donors (Lipinski definition) is 2. The summed E-state index contributed by atoms with van der Waals surface area (Å²) < 4.78 is 1.54. The summed E-state index contributed by atoms with van der Waals surface area (Å²) in [5.74, 6) is -0.169. The van der Waals surface area contributed by atoms with Crippen LogP contribution in [0.25, 0.3) is 0 Å². The Bertz CT molecular complexity index is 589. The van der Waals surface area contributed by atoms with E-state index in [1.807, 2.05) is 17.5 Å². The molecule has 1 atom stereocenters. The van der Waals surface area contributed by atoms with E-state index in [1.165, 1.54) is 4.68 Å². The van der Waals surface area contributed by atoms with Crippen LogP contribution in [0.3, 0.4) is 0 Å². The highest BCUT2D eigenvalue weighted by molar-refractivity contribution is 7.10. The molecule has 2 rings (SSSR count). The van der Waals surface area contributed by atoms with Gasteiger partial charge in [-0.3, -0.25) is 9.48 Å². The Labute approximate surface area is 122 Å². The van der Waals surface area contributed by atoms with Crippen LogP contribution in [0.1, 0.15) is 46.9 Å². The number of thiophene rings is 1. The summed E-state index contributed by atoms with van der Waals surface area (Å²) in [5.41, 5.74) is 7.49. The lowest BCUT2D eigenvalue weighted by Crippen LogP contribution is -2.30. The highest BCUT2D eigenvalue weighted by atomic mass is 32.1. The summed E-state index contributed by atoms with van der Waals surface area (Å²) >= 11 is 1.65. The van der Waals surface area contributed by atoms with Crippen molar-refractivity contribution in [3.8, 4) is 0 Å². The number of nitrogens with one attached hydrogen (secondary N) is 1. The number of nitrogens with zero attached hydrogens (tertiary/aromatic N) is 2. The van der Waals surface area contributed by atoms with Crippen LogP contribution in [0, 0.1) is 6.92 Å². The maximum absolute atomic E-state index is 12.4. The maximum atomic E-state index is 12.4. The summed E-state index contributed by atoms with van der Waals surface area (Å²) in [5, 5.41) is 9.26. The van der Waals surface area contributed by atoms with E-state index >= 15 is 0 Å². The summed E-state index contributed by atoms with van der Waals surface area (Å²) in [4.78, 5) is 13.6. The molecule has 1 unspecified atom stereocenters. The number of amides is 1. The molecule has 3 N–H and O–H groups in total. The number of aromatic nitrogens is 2. The lowest BCUT2D eigenvalue weighted by molar-refractivity contribution is 0.0926. The smallest absolute Gasteiger partial charge is 0.272 e. The van der Waals surface area contributed by atoms with Crippen LogP contribution >= 0.6 is 11.3 Å². The molecule has 0 saturated carbocycles. The first-order chi connectivity index (χ1) is 9.54. The Morgan fingerprint density at radius 3 is 2.85 bits per heavy atom. The average molecular weight is 292 g/mol. The quantitative estimate of drug-likeness (QED) is 0.889. The van der Waals surface area contributed by atoms with Gasteiger partial charge in [-0.2, -0.15) is 5.10 Å². The minimum atomic E-state index is -0.169. The minimum Gasteiger partial charge on any atom is -0.395 e. The summed E-state index contributed by atoms with van der Waals surface area (Å²) in [6, 6.07) is 4.07. The third kappa shape index (κ3) is 2.85. The molecule has 1 amide bonds. The van der Waals surface area contributed by atoms with E-state index in [0.717, 1.165) is 17.7 Å². The van der Waals surface area contributed by atoms with Crippen molar-refractivity contribution in [3.05, 3.63) is 33.8 Å². The summed E-state index contributed by atoms with van der Waals surface area (Å²) in [7, 11) is 1.73. The largest absolute Gasteiger partial charge is 0.395 e. The van der Waals surface area contributed by atoms with Gasteiger partial charge >= 0.3 is 0 Å². The predicted molar refractivity (Wildman–Crippen MR) is 81.8 cm³/mol. The van der Waals surface area contributed by atoms with Crippen molar-refractivity contribution in [1.82, 2.24) is 15.1 Å². The molecule has 0 aliphatic rings. The Morgan fingerprint density at radius 1 is 1.60 bits per heavy atom. The Hall–Kier alpha value is -1.82. The molecule has 0 spiro atoms. The van der Waals surface area contributed by atoms with E-state index in [2.05, 4.69) is 17.3 Å². The first kappa shape index (κ1) is 14.6. The van der Waals surface area contributed by atoms with E-state index in [0.29, 0.717) is 17.1 Å². The molecule has 0 aliphatic carbocycles. The fourth-order valence-corrected chi connectivity index (χ4v) is 3.05. The van der Waals surface area contributed by atoms with Gasteiger partial charge in [0.2, 0.25) is 0 Å². The van der Waals surface area contributed by atoms with Gasteiger partial charge in [0.15, 0.2) is 0 Å². The van der Waals surface area contributed by atoms with Gasteiger partial charge in [0.1, 0.15) is 5.69 Å². The van der Waals surface area contributed by atoms with Crippen molar-refractivity contribution in [2.24, 2.45) is 7.05 Å². The second-order valence-electron chi connectivity index (χ2n) is 4.80. The number of nitrogens with two attached hydrogens (primary N) is 1. The minimum absolute atomic E-state index is 0.0297. The van der Waals surface area contributed by atoms with Crippen molar-refractivity contribution < 1.29 is 4.79 Å². The summed E-state index contributed by atoms with van der Waals surface area (Å²) in [6.07, 6.45) is 1.91. The number of rotatable bonds is 5. The number of hydrogen-bond acceptors (Lipinski definition) is 4. The van der Waals surface area contributed by atoms with Crippen LogP contribution in [-0.2, 0) is 7.05 Å². The van der Waals surface area contributed by atoms with Gasteiger partial charge in [0, 0.05) is 11.9 Å². The normalized spacial score (nSPS) is 12.3. The lowest BCUT2D eigenvalue weighted by Gasteiger charge is -2.17. The van der Waals surface area contributed by atoms with E-state index in [4.69, 9.17) is 5.73 Å². The van der Waals surface area contributed by atoms with Crippen LogP contribution in [0.15, 0.2) is 17.5 Å². The van der Waals surface area contributed by atoms with Crippen LogP contribution in [-0.4, -0.2) is 15.7 Å². The number of nitrogen functional groups attached to an aromatic ring is 1. The van der Waals surface area contributed by atoms with Gasteiger partial charge < -0.3 is 11.1 Å². The predicted octanol–water partition coefficient (Wildman–Crippen LogP) is 2.64. The topological polar surface area (TPSA) is 72.9 Å². The van der Waals surface area contributed by atoms with Crippen molar-refractivity contribution in [2.75, 3.05) is 5.73 Å². The summed E-state index contributed by atoms with van der Waals surface area (Å²) in [6.45, 7) is 3.91. The molecule has 2 aromatic heterocycles. The zero-order chi connectivity index (χ0) is 14.7. The molecule has 0 radical (unpaired) electrons. The van der Waals surface area contributed by atoms with Crippen LogP contribution in [0.2, 0.25) is 0 Å². The van der Waals surface area contributed by atoms with Gasteiger partial charge in [-0.1, -0.05) is 19.4 Å². The second kappa shape index (κ2) is 6.09. The maximum Gasteiger partial charge on any atom is 0.272 e. The Morgan fingerprint density at radius 2 is 2.35 bits per heavy atom. The molecule has 0 bridgehead atoms. The Kier molecular flexibility index (Phi) is 4.44. The molecule has 0 saturated heterocycles. The molecule has 6 heteroatoms. The molecule has 2 aromatic rings. The molecule has 2 heterocycles. The number of carbonyl (C=O) groups is 1. The third-order valence-electron chi connectivity index (χ3n) is 3.25. The fourth-order valence-electron chi connectivity index (χ4n) is 2.23. The second-order valence-corrected chi connectivity index (χ2v) is 5.78. The zero-order valence-electron chi connectivity index (χ0n) is 12.0. The molecular weight excluding hydrogens is 272 g/mol. The first-order valence-electron chi connectivity index (χ1n) is 6.68. The molecule has 20 heavy (non-hydrogen) atoms. The van der Waals surface area contributed by atoms with E-state index in [9.17, 15) is 4.79 Å². The Balaban J connectivity index is 2.20. The highest BCUT2D eigenvalue weighted by Gasteiger charge is 2.21. The molecule has 0 aromatic carbocycles. The lowest BCUT2D eigenvalue weighted by atomic mass is 10.1. The van der Waals surface area contributed by atoms with Crippen LogP contribution < -0.4 is 11.1 Å². The van der Waals surface area contributed by atoms with Gasteiger partial charge in [0.25, 0.3) is 5.91 Å². The fraction of sp³-hybridized carbons (Fsp3) is 0.429. The third-order valence-corrected chi connectivity index (χ3v) is 4.24. The molecule has 0 fully saturated rings. The van der Waals surface area contributed by atoms with Gasteiger partial charge in [0.05, 0.1) is 17.4 Å². The molecular formula is C14H20N4OS. The molecule has 0 aliphatic heterocycles. The van der Waals surface area contributed by atoms with Gasteiger partial charge in [-0.05, 0) is 24.8 Å². The van der Waals surface area contributed by atoms with E-state index < -0.39 is 0 Å². The number of carbonyl (C=O) groups excluding carboxylic acids is 1. The number of aryl methyl sites for hydroxylation is 2. The standard InChI is InChI=1S/C14H20N4OS/c1-4-6-10(11-7-5-8-20-11)16-14(19)13-12(15)9(2)17-18(13)3/h5,7-8,10H,4,6,15H2,1-3H3,(H,16,19). The van der Waals surface area contributed by atoms with E-state index in [1.54, 1.807) is 25.3 Å². The van der Waals surface area contributed by atoms with E-state index in [-0.39, 0.29) is 11.9 Å². The molecule has 108 valence electrons. The highest BCUT2D eigenvalue weighted by Crippen LogP contribution is 2.24. The molecule has 5 nitrogen and oxygen atoms in total. The van der Waals surface area contributed by atoms with Gasteiger partial charge in [-0.15, -0.1) is 11.3 Å². The average Bonchev–Trinajstić information content (AvgIpc) is 2.99. The zero-order valence-corrected chi connectivity index (χ0v) is 12.8. The first-order valence-corrected chi connectivity index (χ1v) is 7.55. The monoisotopic (exact) mass is 292 g/mol. The van der Waals surface area contributed by atoms with Crippen molar-refractivity contribution in [2.45, 2.75) is 32.7 Å². The van der Waals surface area contributed by atoms with Crippen LogP contribution in [0.5, 0.6) is 0 Å². The number of anilines is 1. The van der Waals surface area contributed by atoms with Crippen LogP contribution in [0.4, 0.5) is 5.69 Å². The van der Waals surface area contributed by atoms with Crippen molar-refractivity contribution >= 4 is 22.9 Å². The van der Waals surface area contributed by atoms with Crippen molar-refractivity contribution in [1.29, 1.82) is 0 Å². The van der Waals surface area contributed by atoms with Gasteiger partial charge in [-0.25, -0.2) is 0 Å². The SMILES string of the molecule is CCCC(NC(=O)c1c(N)c(C)nn1C)c1cccs1. The van der Waals surface area contributed by atoms with Crippen molar-refractivity contribution in [3.63, 3.8) is 0 Å².